The topological polar surface area (TPSA) is 75.3 Å². The highest BCUT2D eigenvalue weighted by Crippen LogP contribution is 2.17. The molecular weight excluding hydrogens is 415 g/mol. The summed E-state index contributed by atoms with van der Waals surface area (Å²) < 4.78 is 40.0. The summed E-state index contributed by atoms with van der Waals surface area (Å²) in [6.07, 6.45) is 0.158. The van der Waals surface area contributed by atoms with E-state index in [0.29, 0.717) is 17.3 Å². The maximum Gasteiger partial charge on any atom is 0.261 e. The van der Waals surface area contributed by atoms with Crippen molar-refractivity contribution in [1.29, 1.82) is 0 Å². The molecule has 0 atom stereocenters. The normalized spacial score (nSPS) is 11.1. The molecule has 0 saturated carbocycles. The molecule has 5 nitrogen and oxygen atoms in total. The van der Waals surface area contributed by atoms with Crippen LogP contribution in [0.1, 0.15) is 11.1 Å². The Morgan fingerprint density at radius 1 is 0.931 bits per heavy atom. The van der Waals surface area contributed by atoms with Crippen molar-refractivity contribution < 1.29 is 17.6 Å². The largest absolute Gasteiger partial charge is 0.352 e. The van der Waals surface area contributed by atoms with Gasteiger partial charge in [-0.2, -0.15) is 0 Å². The first kappa shape index (κ1) is 20.8. The summed E-state index contributed by atoms with van der Waals surface area (Å²) in [6, 6.07) is 18.3. The molecule has 0 aromatic heterocycles. The maximum atomic E-state index is 13.0. The van der Waals surface area contributed by atoms with Crippen LogP contribution in [0.5, 0.6) is 0 Å². The number of carbonyl (C=O) groups excluding carboxylic acids is 1. The molecule has 3 aromatic rings. The summed E-state index contributed by atoms with van der Waals surface area (Å²) in [5, 5.41) is 3.42. The fourth-order valence-electron chi connectivity index (χ4n) is 2.61. The zero-order chi connectivity index (χ0) is 20.9. The second-order valence-corrected chi connectivity index (χ2v) is 8.46. The lowest BCUT2D eigenvalue weighted by Gasteiger charge is -2.09. The Bertz CT molecular complexity index is 1100. The average molecular weight is 433 g/mol. The van der Waals surface area contributed by atoms with Crippen LogP contribution in [0, 0.1) is 5.82 Å². The van der Waals surface area contributed by atoms with Gasteiger partial charge in [-0.15, -0.1) is 0 Å². The summed E-state index contributed by atoms with van der Waals surface area (Å²) in [4.78, 5) is 12.1. The number of halogens is 2. The first-order valence-corrected chi connectivity index (χ1v) is 10.6. The lowest BCUT2D eigenvalue weighted by Crippen LogP contribution is -2.24. The van der Waals surface area contributed by atoms with Gasteiger partial charge in [0.15, 0.2) is 0 Å². The Labute approximate surface area is 173 Å². The van der Waals surface area contributed by atoms with Crippen molar-refractivity contribution in [2.24, 2.45) is 0 Å². The van der Waals surface area contributed by atoms with Crippen molar-refractivity contribution >= 4 is 33.2 Å². The highest BCUT2D eigenvalue weighted by Gasteiger charge is 2.14. The highest BCUT2D eigenvalue weighted by atomic mass is 35.5. The van der Waals surface area contributed by atoms with Gasteiger partial charge in [0.05, 0.1) is 11.3 Å². The first-order chi connectivity index (χ1) is 13.8. The third-order valence-electron chi connectivity index (χ3n) is 4.07. The van der Waals surface area contributed by atoms with Crippen LogP contribution in [0.3, 0.4) is 0 Å². The van der Waals surface area contributed by atoms with Crippen LogP contribution in [0.2, 0.25) is 5.02 Å². The molecule has 0 bridgehead atoms. The molecule has 0 aliphatic rings. The van der Waals surface area contributed by atoms with Crippen molar-refractivity contribution in [1.82, 2.24) is 5.32 Å². The van der Waals surface area contributed by atoms with Crippen molar-refractivity contribution in [3.63, 3.8) is 0 Å². The Morgan fingerprint density at radius 3 is 2.28 bits per heavy atom. The van der Waals surface area contributed by atoms with Crippen LogP contribution < -0.4 is 10.0 Å². The third kappa shape index (κ3) is 6.04. The van der Waals surface area contributed by atoms with Gasteiger partial charge < -0.3 is 5.32 Å². The summed E-state index contributed by atoms with van der Waals surface area (Å²) >= 11 is 5.92. The zero-order valence-electron chi connectivity index (χ0n) is 15.2. The van der Waals surface area contributed by atoms with E-state index >= 15 is 0 Å². The van der Waals surface area contributed by atoms with Gasteiger partial charge in [-0.05, 0) is 59.7 Å². The number of hydrogen-bond donors (Lipinski definition) is 2. The minimum absolute atomic E-state index is 0.0385. The molecule has 8 heteroatoms. The van der Waals surface area contributed by atoms with Crippen LogP contribution in [-0.2, 0) is 27.8 Å². The number of sulfonamides is 1. The number of benzene rings is 3. The molecule has 3 aromatic carbocycles. The van der Waals surface area contributed by atoms with Gasteiger partial charge in [-0.1, -0.05) is 35.9 Å². The minimum Gasteiger partial charge on any atom is -0.352 e. The number of amides is 1. The standard InChI is InChI=1S/C21H18ClFN2O3S/c22-17-3-1-2-16(12-17)14-24-21(26)13-15-4-8-19(9-5-15)25-29(27,28)20-10-6-18(23)7-11-20/h1-12,25H,13-14H2,(H,24,26). The monoisotopic (exact) mass is 432 g/mol. The first-order valence-electron chi connectivity index (χ1n) is 8.70. The zero-order valence-corrected chi connectivity index (χ0v) is 16.8. The Balaban J connectivity index is 1.57. The second-order valence-electron chi connectivity index (χ2n) is 6.34. The fourth-order valence-corrected chi connectivity index (χ4v) is 3.89. The van der Waals surface area contributed by atoms with E-state index in [0.717, 1.165) is 23.3 Å². The van der Waals surface area contributed by atoms with Crippen molar-refractivity contribution in [3.05, 3.63) is 94.8 Å². The molecule has 0 unspecified atom stereocenters. The molecule has 0 aliphatic heterocycles. The number of rotatable bonds is 7. The number of nitrogens with one attached hydrogen (secondary N) is 2. The lowest BCUT2D eigenvalue weighted by atomic mass is 10.1. The number of hydrogen-bond acceptors (Lipinski definition) is 3. The van der Waals surface area contributed by atoms with Crippen LogP contribution in [0.25, 0.3) is 0 Å². The van der Waals surface area contributed by atoms with Crippen LogP contribution >= 0.6 is 11.6 Å². The van der Waals surface area contributed by atoms with E-state index in [1.54, 1.807) is 36.4 Å². The van der Waals surface area contributed by atoms with Gasteiger partial charge in [-0.25, -0.2) is 12.8 Å². The molecule has 2 N–H and O–H groups in total. The van der Waals surface area contributed by atoms with Crippen LogP contribution in [-0.4, -0.2) is 14.3 Å². The van der Waals surface area contributed by atoms with Gasteiger partial charge >= 0.3 is 0 Å². The van der Waals surface area contributed by atoms with Crippen LogP contribution in [0.4, 0.5) is 10.1 Å². The number of anilines is 1. The Morgan fingerprint density at radius 2 is 1.62 bits per heavy atom. The molecule has 150 valence electrons. The van der Waals surface area contributed by atoms with Crippen molar-refractivity contribution in [2.75, 3.05) is 4.72 Å². The van der Waals surface area contributed by atoms with Gasteiger partial charge in [0, 0.05) is 17.3 Å². The Hall–Kier alpha value is -2.90. The molecule has 0 heterocycles. The predicted molar refractivity (Wildman–Crippen MR) is 111 cm³/mol. The van der Waals surface area contributed by atoms with Crippen LogP contribution in [0.15, 0.2) is 77.7 Å². The van der Waals surface area contributed by atoms with E-state index in [-0.39, 0.29) is 17.2 Å². The summed E-state index contributed by atoms with van der Waals surface area (Å²) in [7, 11) is -3.82. The smallest absolute Gasteiger partial charge is 0.261 e. The molecule has 0 saturated heterocycles. The highest BCUT2D eigenvalue weighted by molar-refractivity contribution is 7.92. The number of carbonyl (C=O) groups is 1. The minimum atomic E-state index is -3.82. The van der Waals surface area contributed by atoms with Crippen molar-refractivity contribution in [3.8, 4) is 0 Å². The van der Waals surface area contributed by atoms with E-state index < -0.39 is 15.8 Å². The quantitative estimate of drug-likeness (QED) is 0.589. The Kier molecular flexibility index (Phi) is 6.51. The predicted octanol–water partition coefficient (Wildman–Crippen LogP) is 4.14. The van der Waals surface area contributed by atoms with E-state index in [4.69, 9.17) is 11.6 Å². The molecule has 3 rings (SSSR count). The maximum absolute atomic E-state index is 13.0. The average Bonchev–Trinajstić information content (AvgIpc) is 2.68. The lowest BCUT2D eigenvalue weighted by molar-refractivity contribution is -0.120. The second kappa shape index (κ2) is 9.07. The van der Waals surface area contributed by atoms with Gasteiger partial charge in [0.2, 0.25) is 5.91 Å². The fraction of sp³-hybridized carbons (Fsp3) is 0.0952. The van der Waals surface area contributed by atoms with E-state index in [1.807, 2.05) is 12.1 Å². The molecule has 0 aliphatic carbocycles. The van der Waals surface area contributed by atoms with E-state index in [1.165, 1.54) is 12.1 Å². The van der Waals surface area contributed by atoms with Gasteiger partial charge in [0.25, 0.3) is 10.0 Å². The summed E-state index contributed by atoms with van der Waals surface area (Å²) in [5.74, 6) is -0.674. The summed E-state index contributed by atoms with van der Waals surface area (Å²) in [6.45, 7) is 0.370. The van der Waals surface area contributed by atoms with Gasteiger partial charge in [0.1, 0.15) is 5.82 Å². The van der Waals surface area contributed by atoms with E-state index in [9.17, 15) is 17.6 Å². The molecule has 0 fully saturated rings. The van der Waals surface area contributed by atoms with Crippen molar-refractivity contribution in [2.45, 2.75) is 17.9 Å². The molecule has 0 spiro atoms. The van der Waals surface area contributed by atoms with Gasteiger partial charge in [-0.3, -0.25) is 9.52 Å². The summed E-state index contributed by atoms with van der Waals surface area (Å²) in [5.41, 5.74) is 1.98. The van der Waals surface area contributed by atoms with E-state index in [2.05, 4.69) is 10.0 Å². The molecule has 0 radical (unpaired) electrons. The molecule has 29 heavy (non-hydrogen) atoms. The molecular formula is C21H18ClFN2O3S. The molecule has 1 amide bonds. The third-order valence-corrected chi connectivity index (χ3v) is 5.71. The SMILES string of the molecule is O=C(Cc1ccc(NS(=O)(=O)c2ccc(F)cc2)cc1)NCc1cccc(Cl)c1.